The molecule has 0 fully saturated rings. The normalized spacial score (nSPS) is 9.18. The summed E-state index contributed by atoms with van der Waals surface area (Å²) in [6.45, 7) is 15.6. The van der Waals surface area contributed by atoms with Crippen LogP contribution in [-0.2, 0) is 0 Å². The Morgan fingerprint density at radius 1 is 0.471 bits per heavy atom. The Balaban J connectivity index is -0.000000177. The van der Waals surface area contributed by atoms with E-state index in [0.717, 1.165) is 5.92 Å². The summed E-state index contributed by atoms with van der Waals surface area (Å²) in [6, 6.07) is 0. The molecule has 0 aromatic heterocycles. The lowest BCUT2D eigenvalue weighted by atomic mass is 10.0. The maximum Gasteiger partial charge on any atom is -0.0422 e. The van der Waals surface area contributed by atoms with Gasteiger partial charge in [-0.3, -0.25) is 0 Å². The van der Waals surface area contributed by atoms with E-state index in [2.05, 4.69) is 48.5 Å². The van der Waals surface area contributed by atoms with E-state index in [1.54, 1.807) is 0 Å². The summed E-state index contributed by atoms with van der Waals surface area (Å²) < 4.78 is 0. The Bertz CT molecular complexity index is 66.5. The van der Waals surface area contributed by atoms with Crippen molar-refractivity contribution in [2.24, 2.45) is 5.92 Å². The van der Waals surface area contributed by atoms with Crippen LogP contribution >= 0.6 is 0 Å². The maximum absolute atomic E-state index is 2.26. The molecule has 0 radical (unpaired) electrons. The molecule has 0 rings (SSSR count). The van der Waals surface area contributed by atoms with E-state index in [9.17, 15) is 0 Å². The third-order valence-electron chi connectivity index (χ3n) is 3.15. The van der Waals surface area contributed by atoms with Crippen LogP contribution in [0.5, 0.6) is 0 Å². The summed E-state index contributed by atoms with van der Waals surface area (Å²) in [4.78, 5) is 0. The minimum absolute atomic E-state index is 0.986. The van der Waals surface area contributed by atoms with Crippen molar-refractivity contribution in [3.63, 3.8) is 0 Å². The van der Waals surface area contributed by atoms with Crippen molar-refractivity contribution in [1.29, 1.82) is 0 Å². The predicted octanol–water partition coefficient (Wildman–Crippen LogP) is 7.23. The van der Waals surface area contributed by atoms with E-state index in [1.807, 2.05) is 0 Å². The summed E-state index contributed by atoms with van der Waals surface area (Å²) >= 11 is 0. The molecule has 0 heterocycles. The molecular formula is C17H40. The smallest absolute Gasteiger partial charge is 0.0422 e. The zero-order valence-electron chi connectivity index (χ0n) is 13.9. The zero-order chi connectivity index (χ0) is 13.9. The van der Waals surface area contributed by atoms with E-state index in [1.165, 1.54) is 57.8 Å². The lowest BCUT2D eigenvalue weighted by Gasteiger charge is -2.05. The quantitative estimate of drug-likeness (QED) is 0.443. The van der Waals surface area contributed by atoms with Crippen molar-refractivity contribution < 1.29 is 0 Å². The summed E-state index contributed by atoms with van der Waals surface area (Å²) in [5, 5.41) is 0. The van der Waals surface area contributed by atoms with Gasteiger partial charge >= 0.3 is 0 Å². The van der Waals surface area contributed by atoms with E-state index in [0.29, 0.717) is 0 Å². The Hall–Kier alpha value is 0. The van der Waals surface area contributed by atoms with Crippen molar-refractivity contribution >= 4 is 0 Å². The van der Waals surface area contributed by atoms with Gasteiger partial charge in [0.05, 0.1) is 0 Å². The van der Waals surface area contributed by atoms with Gasteiger partial charge in [0.15, 0.2) is 0 Å². The Morgan fingerprint density at radius 3 is 0.706 bits per heavy atom. The largest absolute Gasteiger partial charge is 0.0654 e. The second kappa shape index (κ2) is 25.0. The SMILES string of the molecule is CCC(CC)CC.CCCCC.CCCCC. The highest BCUT2D eigenvalue weighted by molar-refractivity contribution is 4.48. The number of hydrogen-bond acceptors (Lipinski definition) is 0. The average Bonchev–Trinajstić information content (AvgIpc) is 2.35. The first-order chi connectivity index (χ1) is 8.17. The van der Waals surface area contributed by atoms with Gasteiger partial charge in [-0.25, -0.2) is 0 Å². The molecule has 17 heavy (non-hydrogen) atoms. The molecule has 0 spiro atoms. The van der Waals surface area contributed by atoms with Crippen LogP contribution < -0.4 is 0 Å². The monoisotopic (exact) mass is 244 g/mol. The van der Waals surface area contributed by atoms with Crippen LogP contribution in [0.4, 0.5) is 0 Å². The molecule has 108 valence electrons. The Labute approximate surface area is 113 Å². The molecule has 0 amide bonds. The first-order valence-electron chi connectivity index (χ1n) is 8.17. The molecular weight excluding hydrogens is 204 g/mol. The molecule has 0 aliphatic carbocycles. The zero-order valence-corrected chi connectivity index (χ0v) is 13.9. The van der Waals surface area contributed by atoms with Crippen molar-refractivity contribution in [2.75, 3.05) is 0 Å². The lowest BCUT2D eigenvalue weighted by molar-refractivity contribution is 0.477. The molecule has 0 bridgehead atoms. The fourth-order valence-electron chi connectivity index (χ4n) is 1.57. The molecule has 0 aromatic rings. The van der Waals surface area contributed by atoms with Crippen LogP contribution in [0.3, 0.4) is 0 Å². The van der Waals surface area contributed by atoms with E-state index in [4.69, 9.17) is 0 Å². The van der Waals surface area contributed by atoms with Crippen molar-refractivity contribution in [2.45, 2.75) is 106 Å². The van der Waals surface area contributed by atoms with E-state index >= 15 is 0 Å². The van der Waals surface area contributed by atoms with Gasteiger partial charge in [-0.2, -0.15) is 0 Å². The van der Waals surface area contributed by atoms with Gasteiger partial charge in [0.1, 0.15) is 0 Å². The molecule has 0 nitrogen and oxygen atoms in total. The molecule has 0 heteroatoms. The van der Waals surface area contributed by atoms with E-state index in [-0.39, 0.29) is 0 Å². The van der Waals surface area contributed by atoms with Crippen LogP contribution in [0.2, 0.25) is 0 Å². The standard InChI is InChI=1S/C7H16.2C5H12/c1-4-7(5-2)6-3;2*1-3-5-4-2/h7H,4-6H2,1-3H3;2*3-5H2,1-2H3. The van der Waals surface area contributed by atoms with Crippen LogP contribution in [0.25, 0.3) is 0 Å². The van der Waals surface area contributed by atoms with Gasteiger partial charge in [-0.1, -0.05) is 106 Å². The summed E-state index contributed by atoms with van der Waals surface area (Å²) in [5.74, 6) is 0.986. The fourth-order valence-corrected chi connectivity index (χ4v) is 1.57. The topological polar surface area (TPSA) is 0 Å². The Kier molecular flexibility index (Phi) is 32.7. The molecule has 0 atom stereocenters. The van der Waals surface area contributed by atoms with Gasteiger partial charge in [0.25, 0.3) is 0 Å². The van der Waals surface area contributed by atoms with Gasteiger partial charge in [-0.15, -0.1) is 0 Å². The number of hydrogen-bond donors (Lipinski definition) is 0. The molecule has 0 N–H and O–H groups in total. The molecule has 0 unspecified atom stereocenters. The van der Waals surface area contributed by atoms with Crippen LogP contribution in [0.15, 0.2) is 0 Å². The molecule has 0 aromatic carbocycles. The third kappa shape index (κ3) is 31.4. The maximum atomic E-state index is 2.26. The molecule has 0 saturated heterocycles. The summed E-state index contributed by atoms with van der Waals surface area (Å²) in [5.41, 5.74) is 0. The highest BCUT2D eigenvalue weighted by Gasteiger charge is 1.95. The van der Waals surface area contributed by atoms with E-state index < -0.39 is 0 Å². The second-order valence-electron chi connectivity index (χ2n) is 4.80. The van der Waals surface area contributed by atoms with Crippen LogP contribution in [-0.4, -0.2) is 0 Å². The molecule has 0 aliphatic rings. The van der Waals surface area contributed by atoms with Crippen molar-refractivity contribution in [3.05, 3.63) is 0 Å². The van der Waals surface area contributed by atoms with Gasteiger partial charge in [0, 0.05) is 0 Å². The first-order valence-corrected chi connectivity index (χ1v) is 8.17. The first kappa shape index (κ1) is 22.2. The fraction of sp³-hybridized carbons (Fsp3) is 1.00. The second-order valence-corrected chi connectivity index (χ2v) is 4.80. The van der Waals surface area contributed by atoms with Gasteiger partial charge in [0.2, 0.25) is 0 Å². The predicted molar refractivity (Wildman–Crippen MR) is 84.8 cm³/mol. The number of unbranched alkanes of at least 4 members (excludes halogenated alkanes) is 4. The van der Waals surface area contributed by atoms with Gasteiger partial charge < -0.3 is 0 Å². The summed E-state index contributed by atoms with van der Waals surface area (Å²) in [6.07, 6.45) is 12.2. The Morgan fingerprint density at radius 2 is 0.706 bits per heavy atom. The van der Waals surface area contributed by atoms with Crippen molar-refractivity contribution in [1.82, 2.24) is 0 Å². The summed E-state index contributed by atoms with van der Waals surface area (Å²) in [7, 11) is 0. The number of rotatable bonds is 7. The molecule has 0 saturated carbocycles. The van der Waals surface area contributed by atoms with Crippen LogP contribution in [0, 0.1) is 5.92 Å². The average molecular weight is 245 g/mol. The highest BCUT2D eigenvalue weighted by atomic mass is 14.0. The van der Waals surface area contributed by atoms with Crippen LogP contribution in [0.1, 0.15) is 106 Å². The minimum atomic E-state index is 0.986. The minimum Gasteiger partial charge on any atom is -0.0654 e. The lowest BCUT2D eigenvalue weighted by Crippen LogP contribution is -1.91. The van der Waals surface area contributed by atoms with Crippen molar-refractivity contribution in [3.8, 4) is 0 Å². The highest BCUT2D eigenvalue weighted by Crippen LogP contribution is 2.10. The van der Waals surface area contributed by atoms with Gasteiger partial charge in [-0.05, 0) is 5.92 Å². The molecule has 0 aliphatic heterocycles. The third-order valence-corrected chi connectivity index (χ3v) is 3.15.